The van der Waals surface area contributed by atoms with Crippen molar-refractivity contribution in [2.75, 3.05) is 6.54 Å². The topological polar surface area (TPSA) is 21.3 Å². The number of rotatable bonds is 6. The van der Waals surface area contributed by atoms with Crippen molar-refractivity contribution in [2.45, 2.75) is 142 Å². The first kappa shape index (κ1) is 26.0. The lowest BCUT2D eigenvalue weighted by Crippen LogP contribution is -2.52. The van der Waals surface area contributed by atoms with Gasteiger partial charge in [-0.2, -0.15) is 0 Å². The molecule has 33 heavy (non-hydrogen) atoms. The minimum atomic E-state index is -1.72. The fourth-order valence-corrected chi connectivity index (χ4v) is 9.31. The van der Waals surface area contributed by atoms with E-state index >= 15 is 0 Å². The van der Waals surface area contributed by atoms with Crippen molar-refractivity contribution in [1.29, 1.82) is 0 Å². The van der Waals surface area contributed by atoms with Crippen LogP contribution >= 0.6 is 0 Å². The van der Waals surface area contributed by atoms with E-state index in [0.29, 0.717) is 22.0 Å². The number of nitrogens with one attached hydrogen (secondary N) is 1. The smallest absolute Gasteiger partial charge is 0.192 e. The zero-order valence-electron chi connectivity index (χ0n) is 23.2. The Morgan fingerprint density at radius 1 is 0.970 bits per heavy atom. The van der Waals surface area contributed by atoms with E-state index in [1.807, 2.05) is 0 Å². The van der Waals surface area contributed by atoms with Crippen LogP contribution in [0.3, 0.4) is 0 Å². The Bertz CT molecular complexity index is 705. The van der Waals surface area contributed by atoms with Crippen LogP contribution in [0.2, 0.25) is 18.1 Å². The number of hydrogen-bond acceptors (Lipinski definition) is 2. The average Bonchev–Trinajstić information content (AvgIpc) is 3.35. The fraction of sp³-hybridized carbons (Fsp3) is 0.933. The summed E-state index contributed by atoms with van der Waals surface area (Å²) in [5.74, 6) is 2.51. The third kappa shape index (κ3) is 5.08. The van der Waals surface area contributed by atoms with E-state index in [2.05, 4.69) is 59.6 Å². The molecule has 6 atom stereocenters. The molecule has 2 nitrogen and oxygen atoms in total. The van der Waals surface area contributed by atoms with Gasteiger partial charge in [0.2, 0.25) is 0 Å². The molecule has 4 saturated carbocycles. The largest absolute Gasteiger partial charge is 0.414 e. The molecule has 0 aliphatic heterocycles. The van der Waals surface area contributed by atoms with Crippen LogP contribution in [0.4, 0.5) is 0 Å². The zero-order valence-corrected chi connectivity index (χ0v) is 24.2. The summed E-state index contributed by atoms with van der Waals surface area (Å²) >= 11 is 0. The lowest BCUT2D eigenvalue weighted by atomic mass is 9.53. The van der Waals surface area contributed by atoms with E-state index in [-0.39, 0.29) is 0 Å². The van der Waals surface area contributed by atoms with Gasteiger partial charge in [-0.25, -0.2) is 0 Å². The van der Waals surface area contributed by atoms with E-state index < -0.39 is 8.32 Å². The van der Waals surface area contributed by atoms with Gasteiger partial charge in [0, 0.05) is 12.1 Å². The first-order valence-electron chi connectivity index (χ1n) is 14.4. The minimum absolute atomic E-state index is 0.296. The molecule has 0 spiro atoms. The highest BCUT2D eigenvalue weighted by atomic mass is 28.4. The van der Waals surface area contributed by atoms with Crippen LogP contribution in [0, 0.1) is 28.6 Å². The van der Waals surface area contributed by atoms with Crippen molar-refractivity contribution in [3.05, 3.63) is 12.2 Å². The van der Waals surface area contributed by atoms with Crippen molar-refractivity contribution in [3.8, 4) is 0 Å². The highest BCUT2D eigenvalue weighted by Gasteiger charge is 2.53. The Morgan fingerprint density at radius 2 is 1.67 bits per heavy atom. The van der Waals surface area contributed by atoms with Crippen LogP contribution in [-0.2, 0) is 4.43 Å². The van der Waals surface area contributed by atoms with Gasteiger partial charge < -0.3 is 9.74 Å². The lowest BCUT2D eigenvalue weighted by Gasteiger charge is -2.54. The quantitative estimate of drug-likeness (QED) is 0.308. The summed E-state index contributed by atoms with van der Waals surface area (Å²) in [4.78, 5) is 0. The van der Waals surface area contributed by atoms with Crippen LogP contribution in [-0.4, -0.2) is 27.0 Å². The zero-order chi connectivity index (χ0) is 24.1. The van der Waals surface area contributed by atoms with Gasteiger partial charge in [0.25, 0.3) is 0 Å². The normalized spacial score (nSPS) is 40.9. The predicted octanol–water partition coefficient (Wildman–Crippen LogP) is 8.49. The molecule has 0 aromatic heterocycles. The van der Waals surface area contributed by atoms with Crippen LogP contribution in [0.1, 0.15) is 112 Å². The molecule has 0 amide bonds. The Labute approximate surface area is 207 Å². The van der Waals surface area contributed by atoms with Crippen molar-refractivity contribution < 1.29 is 4.43 Å². The fourth-order valence-electron chi connectivity index (χ4n) is 7.91. The van der Waals surface area contributed by atoms with Gasteiger partial charge in [-0.15, -0.1) is 0 Å². The maximum atomic E-state index is 7.02. The van der Waals surface area contributed by atoms with E-state index in [9.17, 15) is 0 Å². The highest BCUT2D eigenvalue weighted by molar-refractivity contribution is 6.74. The Hall–Kier alpha value is -0.123. The van der Waals surface area contributed by atoms with Gasteiger partial charge in [-0.3, -0.25) is 0 Å². The molecule has 0 radical (unpaired) electrons. The molecule has 4 fully saturated rings. The molecular formula is C30H55NOSi. The van der Waals surface area contributed by atoms with Gasteiger partial charge in [0.1, 0.15) is 0 Å². The van der Waals surface area contributed by atoms with Crippen molar-refractivity contribution >= 4 is 8.32 Å². The summed E-state index contributed by atoms with van der Waals surface area (Å²) in [6.07, 6.45) is 16.9. The first-order chi connectivity index (χ1) is 15.3. The summed E-state index contributed by atoms with van der Waals surface area (Å²) < 4.78 is 7.02. The number of hydrogen-bond donors (Lipinski definition) is 1. The molecule has 4 rings (SSSR count). The summed E-state index contributed by atoms with van der Waals surface area (Å²) in [5, 5.41) is 4.36. The summed E-state index contributed by atoms with van der Waals surface area (Å²) in [6, 6.07) is 0.767. The van der Waals surface area contributed by atoms with Gasteiger partial charge in [-0.05, 0) is 117 Å². The minimum Gasteiger partial charge on any atom is -0.414 e. The Kier molecular flexibility index (Phi) is 7.39. The maximum absolute atomic E-state index is 7.02. The highest BCUT2D eigenvalue weighted by Crippen LogP contribution is 2.61. The average molecular weight is 474 g/mol. The lowest BCUT2D eigenvalue weighted by molar-refractivity contribution is -0.0456. The van der Waals surface area contributed by atoms with Gasteiger partial charge in [-0.1, -0.05) is 59.6 Å². The third-order valence-corrected chi connectivity index (χ3v) is 16.3. The monoisotopic (exact) mass is 473 g/mol. The molecule has 1 N–H and O–H groups in total. The third-order valence-electron chi connectivity index (χ3n) is 11.8. The van der Waals surface area contributed by atoms with Crippen molar-refractivity contribution in [1.82, 2.24) is 5.32 Å². The molecule has 0 bridgehead atoms. The second-order valence-electron chi connectivity index (χ2n) is 14.6. The molecule has 0 aromatic carbocycles. The molecule has 0 heterocycles. The first-order valence-corrected chi connectivity index (χ1v) is 17.4. The number of fused-ring (bicyclic) bond motifs is 1. The van der Waals surface area contributed by atoms with Crippen LogP contribution in [0.5, 0.6) is 0 Å². The molecule has 3 heteroatoms. The predicted molar refractivity (Wildman–Crippen MR) is 145 cm³/mol. The molecule has 4 aliphatic carbocycles. The Morgan fingerprint density at radius 3 is 2.33 bits per heavy atom. The van der Waals surface area contributed by atoms with Crippen LogP contribution in [0.15, 0.2) is 12.2 Å². The summed E-state index contributed by atoms with van der Waals surface area (Å²) in [7, 11) is -1.72. The molecule has 0 saturated heterocycles. The van der Waals surface area contributed by atoms with Crippen molar-refractivity contribution in [2.24, 2.45) is 28.6 Å². The van der Waals surface area contributed by atoms with Crippen LogP contribution < -0.4 is 5.32 Å². The second-order valence-corrected chi connectivity index (χ2v) is 19.4. The van der Waals surface area contributed by atoms with E-state index in [1.54, 1.807) is 5.57 Å². The summed E-state index contributed by atoms with van der Waals surface area (Å²) in [5.41, 5.74) is 2.46. The maximum Gasteiger partial charge on any atom is 0.192 e. The molecule has 3 unspecified atom stereocenters. The van der Waals surface area contributed by atoms with E-state index in [4.69, 9.17) is 4.43 Å². The van der Waals surface area contributed by atoms with Crippen LogP contribution in [0.25, 0.3) is 0 Å². The van der Waals surface area contributed by atoms with Crippen molar-refractivity contribution in [3.63, 3.8) is 0 Å². The number of allylic oxidation sites excluding steroid dienone is 1. The van der Waals surface area contributed by atoms with Gasteiger partial charge in [0.05, 0.1) is 0 Å². The summed E-state index contributed by atoms with van der Waals surface area (Å²) in [6.45, 7) is 23.0. The SMILES string of the molecule is C=C1CCC2CC([C@@]3(C)CCC(O[Si](C)(C)C(C)(C)C)C[C@@H]3CNC3CCCC3)CC[C@]12C. The molecule has 0 aromatic rings. The standard InChI is InChI=1S/C30H55NOSi/c1-22-13-14-23-19-24(15-17-29(22,23)5)30(6)18-16-27(32-33(7,8)28(2,3)4)20-25(30)21-31-26-11-9-10-12-26/h23-27,31H,1,9-21H2,2-8H3/t23?,24?,25-,27?,29-,30-/m1/s1. The molecule has 4 aliphatic rings. The molecule has 190 valence electrons. The molecular weight excluding hydrogens is 418 g/mol. The van der Waals surface area contributed by atoms with Gasteiger partial charge >= 0.3 is 0 Å². The van der Waals surface area contributed by atoms with E-state index in [0.717, 1.165) is 23.8 Å². The Balaban J connectivity index is 1.48. The second kappa shape index (κ2) is 9.39. The van der Waals surface area contributed by atoms with Gasteiger partial charge in [0.15, 0.2) is 8.32 Å². The van der Waals surface area contributed by atoms with E-state index in [1.165, 1.54) is 83.6 Å².